The van der Waals surface area contributed by atoms with Crippen LogP contribution in [0, 0.1) is 0 Å². The zero-order valence-corrected chi connectivity index (χ0v) is 20.2. The number of rotatable bonds is 6. The Bertz CT molecular complexity index is 673. The van der Waals surface area contributed by atoms with Crippen molar-refractivity contribution in [2.24, 2.45) is 0 Å². The molecule has 0 aliphatic rings. The lowest BCUT2D eigenvalue weighted by Crippen LogP contribution is -1.73. The van der Waals surface area contributed by atoms with E-state index < -0.39 is 0 Å². The van der Waals surface area contributed by atoms with Crippen LogP contribution >= 0.6 is 0 Å². The van der Waals surface area contributed by atoms with Crippen molar-refractivity contribution in [3.63, 3.8) is 0 Å². The van der Waals surface area contributed by atoms with Crippen LogP contribution in [0.1, 0.15) is 34.6 Å². The van der Waals surface area contributed by atoms with Crippen LogP contribution in [0.3, 0.4) is 0 Å². The lowest BCUT2D eigenvalue weighted by Gasteiger charge is -1.98. The molecule has 0 amide bonds. The predicted molar refractivity (Wildman–Crippen MR) is 147 cm³/mol. The average molecular weight is 415 g/mol. The maximum absolute atomic E-state index is 3.51. The van der Waals surface area contributed by atoms with Crippen molar-refractivity contribution in [1.82, 2.24) is 0 Å². The molecule has 166 valence electrons. The second kappa shape index (κ2) is 31.3. The van der Waals surface area contributed by atoms with Gasteiger partial charge in [0.15, 0.2) is 0 Å². The molecule has 0 radical (unpaired) electrons. The van der Waals surface area contributed by atoms with E-state index in [1.54, 1.807) is 18.2 Å². The van der Waals surface area contributed by atoms with Gasteiger partial charge in [-0.15, -0.1) is 0 Å². The third-order valence-corrected chi connectivity index (χ3v) is 3.04. The summed E-state index contributed by atoms with van der Waals surface area (Å²) in [7, 11) is 0. The molecule has 0 unspecified atom stereocenters. The summed E-state index contributed by atoms with van der Waals surface area (Å²) in [5.41, 5.74) is 2.55. The van der Waals surface area contributed by atoms with Crippen molar-refractivity contribution in [1.29, 1.82) is 0 Å². The van der Waals surface area contributed by atoms with Crippen LogP contribution in [0.5, 0.6) is 0 Å². The molecule has 0 heteroatoms. The largest absolute Gasteiger partial charge is 0.0991 e. The molecule has 0 aliphatic heterocycles. The number of benzene rings is 2. The molecule has 0 saturated heterocycles. The third kappa shape index (κ3) is 24.6. The normalized spacial score (nSPS) is 9.32. The van der Waals surface area contributed by atoms with Gasteiger partial charge in [-0.05, 0) is 18.1 Å². The zero-order chi connectivity index (χ0) is 24.0. The minimum Gasteiger partial charge on any atom is -0.0991 e. The van der Waals surface area contributed by atoms with E-state index in [1.165, 1.54) is 11.1 Å². The lowest BCUT2D eigenvalue weighted by molar-refractivity contribution is 1.50. The topological polar surface area (TPSA) is 0 Å². The maximum atomic E-state index is 3.51. The Morgan fingerprint density at radius 3 is 1.00 bits per heavy atom. The molecule has 0 bridgehead atoms. The molecule has 0 atom stereocenters. The van der Waals surface area contributed by atoms with Crippen LogP contribution < -0.4 is 0 Å². The van der Waals surface area contributed by atoms with Gasteiger partial charge in [0.05, 0.1) is 0 Å². The first-order valence-corrected chi connectivity index (χ1v) is 10.9. The average Bonchev–Trinajstić information content (AvgIpc) is 2.87. The fourth-order valence-electron chi connectivity index (χ4n) is 1.80. The van der Waals surface area contributed by atoms with E-state index in [0.717, 1.165) is 0 Å². The summed E-state index contributed by atoms with van der Waals surface area (Å²) in [6.07, 6.45) is 20.5. The van der Waals surface area contributed by atoms with Crippen LogP contribution in [0.25, 0.3) is 11.1 Å². The lowest BCUT2D eigenvalue weighted by atomic mass is 10.1. The minimum atomic E-state index is 1.28. The SMILES string of the molecule is C=C/C=C\C=C/C.C=C/C=C\C=C/C=C.CC.CC.c1ccc(-c2ccccc2)cc1. The highest BCUT2D eigenvalue weighted by Crippen LogP contribution is 2.17. The summed E-state index contributed by atoms with van der Waals surface area (Å²) in [4.78, 5) is 0. The second-order valence-corrected chi connectivity index (χ2v) is 5.12. The first-order chi connectivity index (χ1) is 15.3. The molecule has 2 rings (SSSR count). The third-order valence-electron chi connectivity index (χ3n) is 3.04. The summed E-state index contributed by atoms with van der Waals surface area (Å²) >= 11 is 0. The minimum absolute atomic E-state index is 1.28. The molecule has 31 heavy (non-hydrogen) atoms. The zero-order valence-electron chi connectivity index (χ0n) is 20.2. The Balaban J connectivity index is -0.000000366. The molecule has 0 aliphatic carbocycles. The second-order valence-electron chi connectivity index (χ2n) is 5.12. The quantitative estimate of drug-likeness (QED) is 0.412. The van der Waals surface area contributed by atoms with Crippen LogP contribution in [0.4, 0.5) is 0 Å². The number of allylic oxidation sites excluding steroid dienone is 11. The maximum Gasteiger partial charge on any atom is -0.0184 e. The van der Waals surface area contributed by atoms with Gasteiger partial charge in [-0.1, -0.05) is 175 Å². The van der Waals surface area contributed by atoms with E-state index in [1.807, 2.05) is 95.4 Å². The van der Waals surface area contributed by atoms with Crippen LogP contribution in [0.2, 0.25) is 0 Å². The van der Waals surface area contributed by atoms with Crippen molar-refractivity contribution in [3.05, 3.63) is 147 Å². The summed E-state index contributed by atoms with van der Waals surface area (Å²) in [6.45, 7) is 20.5. The molecule has 2 aromatic rings. The van der Waals surface area contributed by atoms with Crippen molar-refractivity contribution < 1.29 is 0 Å². The van der Waals surface area contributed by atoms with Crippen molar-refractivity contribution >= 4 is 0 Å². The highest BCUT2D eigenvalue weighted by atomic mass is 14.0. The van der Waals surface area contributed by atoms with E-state index in [9.17, 15) is 0 Å². The van der Waals surface area contributed by atoms with Crippen molar-refractivity contribution in [2.75, 3.05) is 0 Å². The standard InChI is InChI=1S/C12H10.C8H10.C7H10.2C2H6/c1-3-7-11(8-4-1)12-9-5-2-6-10-12;1-3-5-7-8-6-4-2;1-3-5-7-6-4-2;2*1-2/h1-10H;3-8H,1-2H2;3-7H,1H2,2H3;2*1-2H3/b;7-5-,8-6-;6-4-,7-5-;;. The van der Waals surface area contributed by atoms with Crippen molar-refractivity contribution in [2.45, 2.75) is 34.6 Å². The number of hydrogen-bond donors (Lipinski definition) is 0. The molecule has 0 fully saturated rings. The van der Waals surface area contributed by atoms with Crippen LogP contribution in [-0.4, -0.2) is 0 Å². The summed E-state index contributed by atoms with van der Waals surface area (Å²) in [5.74, 6) is 0. The van der Waals surface area contributed by atoms with E-state index in [4.69, 9.17) is 0 Å². The molecule has 0 N–H and O–H groups in total. The Morgan fingerprint density at radius 1 is 0.452 bits per heavy atom. The molecule has 0 heterocycles. The first kappa shape index (κ1) is 32.3. The van der Waals surface area contributed by atoms with Gasteiger partial charge in [0.1, 0.15) is 0 Å². The number of hydrogen-bond acceptors (Lipinski definition) is 0. The Hall–Kier alpha value is -3.38. The van der Waals surface area contributed by atoms with Gasteiger partial charge in [0.2, 0.25) is 0 Å². The van der Waals surface area contributed by atoms with Gasteiger partial charge in [0.25, 0.3) is 0 Å². The molecule has 0 spiro atoms. The van der Waals surface area contributed by atoms with E-state index in [-0.39, 0.29) is 0 Å². The molecule has 0 saturated carbocycles. The van der Waals surface area contributed by atoms with Crippen LogP contribution in [-0.2, 0) is 0 Å². The predicted octanol–water partition coefficient (Wildman–Crippen LogP) is 10.2. The van der Waals surface area contributed by atoms with E-state index >= 15 is 0 Å². The molecule has 2 aromatic carbocycles. The smallest absolute Gasteiger partial charge is 0.0184 e. The van der Waals surface area contributed by atoms with E-state index in [0.29, 0.717) is 0 Å². The van der Waals surface area contributed by atoms with Gasteiger partial charge in [-0.2, -0.15) is 0 Å². The molecular weight excluding hydrogens is 372 g/mol. The Labute approximate surface area is 193 Å². The molecule has 0 nitrogen and oxygen atoms in total. The first-order valence-electron chi connectivity index (χ1n) is 10.9. The van der Waals surface area contributed by atoms with Crippen LogP contribution in [0.15, 0.2) is 147 Å². The Kier molecular flexibility index (Phi) is 32.6. The van der Waals surface area contributed by atoms with Gasteiger partial charge in [-0.25, -0.2) is 0 Å². The fraction of sp³-hybridized carbons (Fsp3) is 0.161. The highest BCUT2D eigenvalue weighted by Gasteiger charge is 1.91. The van der Waals surface area contributed by atoms with Gasteiger partial charge >= 0.3 is 0 Å². The molecular formula is C31H42. The van der Waals surface area contributed by atoms with Gasteiger partial charge < -0.3 is 0 Å². The summed E-state index contributed by atoms with van der Waals surface area (Å²) in [6, 6.07) is 20.8. The van der Waals surface area contributed by atoms with Crippen molar-refractivity contribution in [3.8, 4) is 11.1 Å². The van der Waals surface area contributed by atoms with Gasteiger partial charge in [-0.3, -0.25) is 0 Å². The van der Waals surface area contributed by atoms with Gasteiger partial charge in [0, 0.05) is 0 Å². The monoisotopic (exact) mass is 414 g/mol. The summed E-state index contributed by atoms with van der Waals surface area (Å²) in [5, 5.41) is 0. The fourth-order valence-corrected chi connectivity index (χ4v) is 1.80. The molecule has 0 aromatic heterocycles. The highest BCUT2D eigenvalue weighted by molar-refractivity contribution is 5.62. The van der Waals surface area contributed by atoms with E-state index in [2.05, 4.69) is 68.3 Å². The summed E-state index contributed by atoms with van der Waals surface area (Å²) < 4.78 is 0. The Morgan fingerprint density at radius 2 is 0.742 bits per heavy atom.